The van der Waals surface area contributed by atoms with Gasteiger partial charge in [-0.2, -0.15) is 0 Å². The molecule has 4 rings (SSSR count). The molecule has 5 N–H and O–H groups in total. The monoisotopic (exact) mass is 477 g/mol. The average molecular weight is 477 g/mol. The predicted molar refractivity (Wildman–Crippen MR) is 123 cm³/mol. The Labute approximate surface area is 197 Å². The number of aromatic nitrogens is 1. The van der Waals surface area contributed by atoms with Crippen LogP contribution in [0.5, 0.6) is 5.75 Å². The number of hydrogen-bond donors (Lipinski definition) is 4. The molecule has 0 saturated carbocycles. The zero-order valence-corrected chi connectivity index (χ0v) is 18.1. The number of benzene rings is 2. The first-order valence-corrected chi connectivity index (χ1v) is 10.4. The van der Waals surface area contributed by atoms with Crippen molar-refractivity contribution in [3.63, 3.8) is 0 Å². The molecule has 1 aliphatic rings. The van der Waals surface area contributed by atoms with Gasteiger partial charge >= 0.3 is 11.9 Å². The van der Waals surface area contributed by atoms with Gasteiger partial charge < -0.3 is 25.7 Å². The number of rotatable bonds is 8. The van der Waals surface area contributed by atoms with Crippen LogP contribution in [0, 0.1) is 0 Å². The number of aromatic amines is 1. The van der Waals surface area contributed by atoms with Gasteiger partial charge in [-0.3, -0.25) is 19.3 Å². The first kappa shape index (κ1) is 23.2. The number of carboxylic acid groups (broad SMARTS) is 2. The fourth-order valence-electron chi connectivity index (χ4n) is 3.91. The number of carbonyl (C=O) groups excluding carboxylic acids is 2. The lowest BCUT2D eigenvalue weighted by molar-refractivity contribution is 0.0640. The molecule has 11 nitrogen and oxygen atoms in total. The predicted octanol–water partition coefficient (Wildman–Crippen LogP) is 2.09. The van der Waals surface area contributed by atoms with Crippen LogP contribution in [0.4, 0.5) is 5.82 Å². The number of hydrogen-bond acceptors (Lipinski definition) is 7. The number of aromatic carboxylic acids is 2. The molecule has 178 valence electrons. The van der Waals surface area contributed by atoms with Crippen molar-refractivity contribution in [2.75, 3.05) is 18.9 Å². The molecule has 0 bridgehead atoms. The fraction of sp³-hybridized carbons (Fsp3) is 0.125. The highest BCUT2D eigenvalue weighted by Crippen LogP contribution is 2.30. The van der Waals surface area contributed by atoms with Crippen LogP contribution >= 0.6 is 0 Å². The zero-order valence-electron chi connectivity index (χ0n) is 18.1. The summed E-state index contributed by atoms with van der Waals surface area (Å²) in [6, 6.07) is 12.4. The Morgan fingerprint density at radius 3 is 2.00 bits per heavy atom. The highest BCUT2D eigenvalue weighted by atomic mass is 16.5. The van der Waals surface area contributed by atoms with Crippen molar-refractivity contribution in [2.45, 2.75) is 6.42 Å². The first-order valence-electron chi connectivity index (χ1n) is 10.4. The maximum Gasteiger partial charge on any atom is 0.342 e. The van der Waals surface area contributed by atoms with Gasteiger partial charge in [0.05, 0.1) is 17.7 Å². The van der Waals surface area contributed by atoms with Crippen LogP contribution in [-0.4, -0.2) is 57.0 Å². The van der Waals surface area contributed by atoms with Gasteiger partial charge in [0.15, 0.2) is 0 Å². The molecule has 1 aromatic heterocycles. The van der Waals surface area contributed by atoms with E-state index < -0.39 is 34.4 Å². The van der Waals surface area contributed by atoms with Crippen LogP contribution in [0.1, 0.15) is 47.9 Å². The number of amides is 2. The second-order valence-corrected chi connectivity index (χ2v) is 7.64. The van der Waals surface area contributed by atoms with E-state index in [2.05, 4.69) is 0 Å². The minimum absolute atomic E-state index is 0.149. The normalized spacial score (nSPS) is 12.5. The van der Waals surface area contributed by atoms with Crippen molar-refractivity contribution in [3.8, 4) is 16.9 Å². The third-order valence-corrected chi connectivity index (χ3v) is 5.49. The summed E-state index contributed by atoms with van der Waals surface area (Å²) in [6.07, 6.45) is 0.365. The summed E-state index contributed by atoms with van der Waals surface area (Å²) in [7, 11) is 0. The minimum atomic E-state index is -1.60. The molecule has 3 aromatic rings. The third kappa shape index (κ3) is 4.22. The summed E-state index contributed by atoms with van der Waals surface area (Å²) >= 11 is 0. The van der Waals surface area contributed by atoms with Crippen molar-refractivity contribution in [2.24, 2.45) is 0 Å². The van der Waals surface area contributed by atoms with E-state index in [1.807, 2.05) is 4.98 Å². The molecule has 2 aromatic carbocycles. The minimum Gasteiger partial charge on any atom is -0.494 e. The van der Waals surface area contributed by atoms with Crippen LogP contribution < -0.4 is 16.0 Å². The molecule has 0 unspecified atom stereocenters. The third-order valence-electron chi connectivity index (χ3n) is 5.49. The Bertz CT molecular complexity index is 1390. The molecule has 0 atom stereocenters. The SMILES string of the molecule is Nc1[nH]c(=O)c(C(=O)O)c(-c2ccc(OCCCN3C(=O)c4ccccc4C3=O)cc2)c1C(=O)O. The molecule has 35 heavy (non-hydrogen) atoms. The number of fused-ring (bicyclic) bond motifs is 1. The maximum atomic E-state index is 12.4. The van der Waals surface area contributed by atoms with Gasteiger partial charge in [0.1, 0.15) is 22.7 Å². The van der Waals surface area contributed by atoms with E-state index in [0.717, 1.165) is 4.90 Å². The van der Waals surface area contributed by atoms with Gasteiger partial charge in [0, 0.05) is 12.1 Å². The molecular weight excluding hydrogens is 458 g/mol. The van der Waals surface area contributed by atoms with Gasteiger partial charge in [0.2, 0.25) is 0 Å². The lowest BCUT2D eigenvalue weighted by atomic mass is 9.95. The van der Waals surface area contributed by atoms with Crippen LogP contribution in [0.15, 0.2) is 53.3 Å². The van der Waals surface area contributed by atoms with Crippen molar-refractivity contribution in [1.29, 1.82) is 0 Å². The van der Waals surface area contributed by atoms with E-state index in [1.54, 1.807) is 24.3 Å². The number of anilines is 1. The zero-order chi connectivity index (χ0) is 25.3. The summed E-state index contributed by atoms with van der Waals surface area (Å²) in [5.74, 6) is -3.88. The van der Waals surface area contributed by atoms with E-state index in [-0.39, 0.29) is 36.1 Å². The molecule has 11 heteroatoms. The van der Waals surface area contributed by atoms with Crippen molar-refractivity contribution < 1.29 is 34.1 Å². The Kier molecular flexibility index (Phi) is 6.07. The van der Waals surface area contributed by atoms with Crippen molar-refractivity contribution in [3.05, 3.63) is 81.1 Å². The molecule has 0 saturated heterocycles. The molecule has 0 aliphatic carbocycles. The van der Waals surface area contributed by atoms with E-state index in [4.69, 9.17) is 10.5 Å². The smallest absolute Gasteiger partial charge is 0.342 e. The molecular formula is C24H19N3O8. The molecule has 0 radical (unpaired) electrons. The average Bonchev–Trinajstić information content (AvgIpc) is 3.06. The summed E-state index contributed by atoms with van der Waals surface area (Å²) in [4.78, 5) is 63.5. The number of imide groups is 1. The van der Waals surface area contributed by atoms with Gasteiger partial charge in [-0.25, -0.2) is 9.59 Å². The highest BCUT2D eigenvalue weighted by molar-refractivity contribution is 6.21. The van der Waals surface area contributed by atoms with E-state index in [0.29, 0.717) is 23.3 Å². The van der Waals surface area contributed by atoms with E-state index >= 15 is 0 Å². The van der Waals surface area contributed by atoms with Crippen molar-refractivity contribution >= 4 is 29.6 Å². The van der Waals surface area contributed by atoms with Crippen LogP contribution in [0.25, 0.3) is 11.1 Å². The summed E-state index contributed by atoms with van der Waals surface area (Å²) in [5, 5.41) is 19.0. The molecule has 1 aliphatic heterocycles. The van der Waals surface area contributed by atoms with Crippen LogP contribution in [-0.2, 0) is 0 Å². The summed E-state index contributed by atoms with van der Waals surface area (Å²) < 4.78 is 5.63. The quantitative estimate of drug-likeness (QED) is 0.279. The topological polar surface area (TPSA) is 180 Å². The number of pyridine rings is 1. The molecule has 2 amide bonds. The Hall–Kier alpha value is -4.93. The summed E-state index contributed by atoms with van der Waals surface area (Å²) in [6.45, 7) is 0.339. The standard InChI is InChI=1S/C24H19N3O8/c25-19-17(23(31)32)16(18(24(33)34)20(28)26-19)12-6-8-13(9-7-12)35-11-3-10-27-21(29)14-4-1-2-5-15(14)22(27)30/h1-2,4-9H,3,10-11H2,(H,31,32)(H,33,34)(H3,25,26,28). The molecule has 0 fully saturated rings. The largest absolute Gasteiger partial charge is 0.494 e. The van der Waals surface area contributed by atoms with E-state index in [9.17, 15) is 34.2 Å². The number of ether oxygens (including phenoxy) is 1. The number of nitrogens with one attached hydrogen (secondary N) is 1. The number of carboxylic acids is 2. The summed E-state index contributed by atoms with van der Waals surface area (Å²) in [5.41, 5.74) is 3.91. The van der Waals surface area contributed by atoms with Gasteiger partial charge in [0.25, 0.3) is 17.4 Å². The number of nitrogens with zero attached hydrogens (tertiary/aromatic N) is 1. The van der Waals surface area contributed by atoms with Crippen LogP contribution in [0.3, 0.4) is 0 Å². The van der Waals surface area contributed by atoms with Gasteiger partial charge in [-0.15, -0.1) is 0 Å². The Balaban J connectivity index is 1.46. The second-order valence-electron chi connectivity index (χ2n) is 7.64. The van der Waals surface area contributed by atoms with E-state index in [1.165, 1.54) is 24.3 Å². The first-order chi connectivity index (χ1) is 16.7. The lowest BCUT2D eigenvalue weighted by Crippen LogP contribution is -2.31. The van der Waals surface area contributed by atoms with Crippen LogP contribution in [0.2, 0.25) is 0 Å². The lowest BCUT2D eigenvalue weighted by Gasteiger charge is -2.14. The van der Waals surface area contributed by atoms with Gasteiger partial charge in [-0.1, -0.05) is 24.3 Å². The number of H-pyrrole nitrogens is 1. The Morgan fingerprint density at radius 1 is 0.886 bits per heavy atom. The highest BCUT2D eigenvalue weighted by Gasteiger charge is 2.34. The Morgan fingerprint density at radius 2 is 1.46 bits per heavy atom. The second kappa shape index (κ2) is 9.14. The maximum absolute atomic E-state index is 12.4. The van der Waals surface area contributed by atoms with Gasteiger partial charge in [-0.05, 0) is 36.2 Å². The molecule has 0 spiro atoms. The van der Waals surface area contributed by atoms with Crippen molar-refractivity contribution in [1.82, 2.24) is 9.88 Å². The number of carbonyl (C=O) groups is 4. The molecule has 2 heterocycles. The number of nitrogens with two attached hydrogens (primary N) is 1. The fourth-order valence-corrected chi connectivity index (χ4v) is 3.91. The number of nitrogen functional groups attached to an aromatic ring is 1.